The number of piperazine rings is 1. The molecule has 0 bridgehead atoms. The fourth-order valence-electron chi connectivity index (χ4n) is 3.17. The fraction of sp³-hybridized carbons (Fsp3) is 0.733. The molecule has 2 heterocycles. The minimum absolute atomic E-state index is 0.887. The lowest BCUT2D eigenvalue weighted by atomic mass is 10.2. The molecule has 0 unspecified atom stereocenters. The molecule has 1 saturated heterocycles. The Morgan fingerprint density at radius 1 is 1.11 bits per heavy atom. The molecular formula is C15H24N4. The van der Waals surface area contributed by atoms with Crippen LogP contribution in [0.15, 0.2) is 18.5 Å². The fourth-order valence-corrected chi connectivity index (χ4v) is 3.17. The van der Waals surface area contributed by atoms with Crippen molar-refractivity contribution in [1.82, 2.24) is 14.9 Å². The smallest absolute Gasteiger partial charge is 0.225 e. The van der Waals surface area contributed by atoms with Gasteiger partial charge < -0.3 is 4.90 Å². The minimum Gasteiger partial charge on any atom is -0.338 e. The van der Waals surface area contributed by atoms with E-state index in [0.29, 0.717) is 0 Å². The normalized spacial score (nSPS) is 27.5. The van der Waals surface area contributed by atoms with Gasteiger partial charge in [0, 0.05) is 45.1 Å². The summed E-state index contributed by atoms with van der Waals surface area (Å²) in [6.07, 6.45) is 7.90. The van der Waals surface area contributed by atoms with Gasteiger partial charge in [0.15, 0.2) is 0 Å². The van der Waals surface area contributed by atoms with E-state index in [-0.39, 0.29) is 0 Å². The number of hydrogen-bond acceptors (Lipinski definition) is 4. The zero-order valence-corrected chi connectivity index (χ0v) is 11.8. The van der Waals surface area contributed by atoms with E-state index in [1.54, 1.807) is 0 Å². The largest absolute Gasteiger partial charge is 0.338 e. The molecule has 19 heavy (non-hydrogen) atoms. The predicted octanol–water partition coefficient (Wildman–Crippen LogP) is 2.03. The molecule has 1 aromatic rings. The number of anilines is 1. The summed E-state index contributed by atoms with van der Waals surface area (Å²) in [5.74, 6) is 2.90. The van der Waals surface area contributed by atoms with Crippen LogP contribution < -0.4 is 4.90 Å². The van der Waals surface area contributed by atoms with Crippen LogP contribution in [0, 0.1) is 11.8 Å². The first kappa shape index (κ1) is 12.9. The van der Waals surface area contributed by atoms with E-state index in [2.05, 4.69) is 26.7 Å². The van der Waals surface area contributed by atoms with E-state index in [1.165, 1.54) is 25.8 Å². The zero-order valence-electron chi connectivity index (χ0n) is 11.8. The summed E-state index contributed by atoms with van der Waals surface area (Å²) in [6, 6.07) is 1.88. The first-order chi connectivity index (χ1) is 9.36. The van der Waals surface area contributed by atoms with Gasteiger partial charge in [-0.15, -0.1) is 0 Å². The molecular weight excluding hydrogens is 236 g/mol. The average molecular weight is 260 g/mol. The molecule has 1 aliphatic carbocycles. The Bertz CT molecular complexity index is 386. The number of aromatic nitrogens is 2. The molecule has 0 amide bonds. The maximum Gasteiger partial charge on any atom is 0.225 e. The van der Waals surface area contributed by atoms with Gasteiger partial charge in [-0.2, -0.15) is 0 Å². The molecule has 3 rings (SSSR count). The molecule has 0 aromatic carbocycles. The van der Waals surface area contributed by atoms with Crippen LogP contribution in [0.4, 0.5) is 5.95 Å². The Morgan fingerprint density at radius 3 is 2.53 bits per heavy atom. The Hall–Kier alpha value is -1.16. The second-order valence-electron chi connectivity index (χ2n) is 5.88. The summed E-state index contributed by atoms with van der Waals surface area (Å²) in [7, 11) is 0. The summed E-state index contributed by atoms with van der Waals surface area (Å²) in [5.41, 5.74) is 0. The van der Waals surface area contributed by atoms with Crippen LogP contribution in [0.5, 0.6) is 0 Å². The highest BCUT2D eigenvalue weighted by Gasteiger charge is 2.37. The Kier molecular flexibility index (Phi) is 3.97. The van der Waals surface area contributed by atoms with Crippen molar-refractivity contribution in [2.45, 2.75) is 26.2 Å². The van der Waals surface area contributed by atoms with E-state index in [0.717, 1.165) is 44.0 Å². The zero-order chi connectivity index (χ0) is 13.1. The van der Waals surface area contributed by atoms with Crippen molar-refractivity contribution in [2.75, 3.05) is 37.6 Å². The second kappa shape index (κ2) is 5.87. The quantitative estimate of drug-likeness (QED) is 0.811. The van der Waals surface area contributed by atoms with Crippen molar-refractivity contribution in [3.05, 3.63) is 18.5 Å². The van der Waals surface area contributed by atoms with Crippen molar-refractivity contribution in [3.8, 4) is 0 Å². The third-order valence-electron chi connectivity index (χ3n) is 4.43. The molecule has 4 heteroatoms. The Balaban J connectivity index is 1.43. The molecule has 0 spiro atoms. The van der Waals surface area contributed by atoms with Crippen LogP contribution in [-0.4, -0.2) is 47.6 Å². The molecule has 104 valence electrons. The molecule has 1 saturated carbocycles. The van der Waals surface area contributed by atoms with Gasteiger partial charge in [-0.1, -0.05) is 19.8 Å². The van der Waals surface area contributed by atoms with Gasteiger partial charge in [0.25, 0.3) is 0 Å². The lowest BCUT2D eigenvalue weighted by Crippen LogP contribution is -2.47. The maximum atomic E-state index is 4.33. The van der Waals surface area contributed by atoms with Gasteiger partial charge >= 0.3 is 0 Å². The van der Waals surface area contributed by atoms with E-state index in [1.807, 2.05) is 18.5 Å². The van der Waals surface area contributed by atoms with Crippen LogP contribution in [0.1, 0.15) is 26.2 Å². The Labute approximate surface area is 115 Å². The molecule has 4 nitrogen and oxygen atoms in total. The minimum atomic E-state index is 0.887. The number of nitrogens with zero attached hydrogens (tertiary/aromatic N) is 4. The predicted molar refractivity (Wildman–Crippen MR) is 77.2 cm³/mol. The van der Waals surface area contributed by atoms with Crippen LogP contribution >= 0.6 is 0 Å². The maximum absolute atomic E-state index is 4.33. The van der Waals surface area contributed by atoms with Crippen LogP contribution in [0.3, 0.4) is 0 Å². The Morgan fingerprint density at radius 2 is 1.84 bits per heavy atom. The SMILES string of the molecule is CCC[C@@H]1C[C@@H]1CN1CCN(c2ncccn2)CC1. The van der Waals surface area contributed by atoms with Crippen LogP contribution in [0.2, 0.25) is 0 Å². The second-order valence-corrected chi connectivity index (χ2v) is 5.88. The number of hydrogen-bond donors (Lipinski definition) is 0. The van der Waals surface area contributed by atoms with Crippen molar-refractivity contribution in [1.29, 1.82) is 0 Å². The van der Waals surface area contributed by atoms with Gasteiger partial charge in [0.2, 0.25) is 5.95 Å². The average Bonchev–Trinajstić information content (AvgIpc) is 3.19. The summed E-state index contributed by atoms with van der Waals surface area (Å²) in [5, 5.41) is 0. The summed E-state index contributed by atoms with van der Waals surface area (Å²) >= 11 is 0. The molecule has 0 N–H and O–H groups in total. The number of rotatable bonds is 5. The van der Waals surface area contributed by atoms with Crippen molar-refractivity contribution in [3.63, 3.8) is 0 Å². The highest BCUT2D eigenvalue weighted by Crippen LogP contribution is 2.42. The molecule has 1 aromatic heterocycles. The van der Waals surface area contributed by atoms with Crippen molar-refractivity contribution in [2.24, 2.45) is 11.8 Å². The van der Waals surface area contributed by atoms with Gasteiger partial charge in [0.1, 0.15) is 0 Å². The molecule has 0 radical (unpaired) electrons. The van der Waals surface area contributed by atoms with Gasteiger partial charge in [-0.05, 0) is 24.3 Å². The molecule has 2 atom stereocenters. The van der Waals surface area contributed by atoms with Gasteiger partial charge in [0.05, 0.1) is 0 Å². The molecule has 2 fully saturated rings. The third kappa shape index (κ3) is 3.24. The monoisotopic (exact) mass is 260 g/mol. The van der Waals surface area contributed by atoms with E-state index in [9.17, 15) is 0 Å². The van der Waals surface area contributed by atoms with Crippen molar-refractivity contribution < 1.29 is 0 Å². The standard InChI is InChI=1S/C15H24N4/c1-2-4-13-11-14(13)12-18-7-9-19(10-8-18)15-16-5-3-6-17-15/h3,5-6,13-14H,2,4,7-12H2,1H3/t13-,14-/m1/s1. The summed E-state index contributed by atoms with van der Waals surface area (Å²) in [4.78, 5) is 13.6. The first-order valence-corrected chi connectivity index (χ1v) is 7.61. The lowest BCUT2D eigenvalue weighted by Gasteiger charge is -2.34. The van der Waals surface area contributed by atoms with Gasteiger partial charge in [-0.25, -0.2) is 9.97 Å². The first-order valence-electron chi connectivity index (χ1n) is 7.61. The summed E-state index contributed by atoms with van der Waals surface area (Å²) < 4.78 is 0. The summed E-state index contributed by atoms with van der Waals surface area (Å²) in [6.45, 7) is 8.06. The van der Waals surface area contributed by atoms with Crippen molar-refractivity contribution >= 4 is 5.95 Å². The van der Waals surface area contributed by atoms with Crippen LogP contribution in [-0.2, 0) is 0 Å². The third-order valence-corrected chi connectivity index (χ3v) is 4.43. The lowest BCUT2D eigenvalue weighted by molar-refractivity contribution is 0.242. The van der Waals surface area contributed by atoms with E-state index in [4.69, 9.17) is 0 Å². The molecule has 1 aliphatic heterocycles. The molecule has 2 aliphatic rings. The van der Waals surface area contributed by atoms with E-state index < -0.39 is 0 Å². The van der Waals surface area contributed by atoms with Crippen LogP contribution in [0.25, 0.3) is 0 Å². The highest BCUT2D eigenvalue weighted by molar-refractivity contribution is 5.29. The highest BCUT2D eigenvalue weighted by atomic mass is 15.3. The van der Waals surface area contributed by atoms with E-state index >= 15 is 0 Å². The van der Waals surface area contributed by atoms with Gasteiger partial charge in [-0.3, -0.25) is 4.90 Å². The topological polar surface area (TPSA) is 32.3 Å².